The van der Waals surface area contributed by atoms with Crippen LogP contribution in [0.4, 0.5) is 9.18 Å². The van der Waals surface area contributed by atoms with Crippen molar-refractivity contribution in [3.63, 3.8) is 0 Å². The Balaban J connectivity index is 1.89. The molecule has 1 unspecified atom stereocenters. The number of amides is 3. The van der Waals surface area contributed by atoms with Crippen molar-refractivity contribution in [2.24, 2.45) is 5.10 Å². The second kappa shape index (κ2) is 11.2. The molecule has 0 saturated carbocycles. The summed E-state index contributed by atoms with van der Waals surface area (Å²) < 4.78 is 19.5. The fraction of sp³-hybridized carbons (Fsp3) is 0.375. The van der Waals surface area contributed by atoms with Crippen LogP contribution in [0.25, 0.3) is 0 Å². The molecule has 0 aliphatic carbocycles. The van der Waals surface area contributed by atoms with E-state index in [-0.39, 0.29) is 37.7 Å². The average molecular weight is 475 g/mol. The van der Waals surface area contributed by atoms with E-state index in [4.69, 9.17) is 16.3 Å². The van der Waals surface area contributed by atoms with Crippen LogP contribution in [0.1, 0.15) is 37.4 Å². The number of rotatable bonds is 8. The Bertz CT molecular complexity index is 1010. The summed E-state index contributed by atoms with van der Waals surface area (Å²) in [5, 5.41) is 9.20. The van der Waals surface area contributed by atoms with E-state index in [1.54, 1.807) is 30.3 Å². The Kier molecular flexibility index (Phi) is 8.41. The molecule has 0 spiro atoms. The van der Waals surface area contributed by atoms with Crippen molar-refractivity contribution >= 4 is 29.3 Å². The number of hydrogen-bond donors (Lipinski definition) is 1. The van der Waals surface area contributed by atoms with Gasteiger partial charge in [-0.1, -0.05) is 41.9 Å². The number of carbonyl (C=O) groups excluding carboxylic acids is 2. The van der Waals surface area contributed by atoms with Crippen LogP contribution < -0.4 is 5.32 Å². The van der Waals surface area contributed by atoms with Gasteiger partial charge in [0.25, 0.3) is 5.91 Å². The van der Waals surface area contributed by atoms with Gasteiger partial charge in [0.1, 0.15) is 12.4 Å². The summed E-state index contributed by atoms with van der Waals surface area (Å²) in [5.41, 5.74) is 1.63. The van der Waals surface area contributed by atoms with E-state index in [9.17, 15) is 14.0 Å². The molecule has 33 heavy (non-hydrogen) atoms. The number of ether oxygens (including phenoxy) is 1. The van der Waals surface area contributed by atoms with Gasteiger partial charge in [0.05, 0.1) is 18.4 Å². The first-order valence-electron chi connectivity index (χ1n) is 10.7. The molecule has 2 aromatic rings. The lowest BCUT2D eigenvalue weighted by Crippen LogP contribution is -2.48. The first kappa shape index (κ1) is 24.7. The molecule has 7 nitrogen and oxygen atoms in total. The van der Waals surface area contributed by atoms with Gasteiger partial charge in [-0.25, -0.2) is 14.2 Å². The molecular formula is C24H28ClFN4O3. The summed E-state index contributed by atoms with van der Waals surface area (Å²) >= 11 is 6.03. The number of nitrogens with one attached hydrogen (secondary N) is 1. The first-order chi connectivity index (χ1) is 15.8. The molecule has 1 heterocycles. The molecule has 1 N–H and O–H groups in total. The van der Waals surface area contributed by atoms with Crippen molar-refractivity contribution in [2.45, 2.75) is 32.4 Å². The average Bonchev–Trinajstić information content (AvgIpc) is 3.22. The molecule has 3 amide bonds. The molecule has 0 saturated heterocycles. The molecule has 176 valence electrons. The third-order valence-corrected chi connectivity index (χ3v) is 5.45. The van der Waals surface area contributed by atoms with Crippen LogP contribution in [0.5, 0.6) is 0 Å². The van der Waals surface area contributed by atoms with Crippen molar-refractivity contribution in [2.75, 3.05) is 26.8 Å². The molecular weight excluding hydrogens is 447 g/mol. The highest BCUT2D eigenvalue weighted by atomic mass is 35.5. The van der Waals surface area contributed by atoms with Gasteiger partial charge < -0.3 is 15.0 Å². The molecule has 0 aromatic heterocycles. The van der Waals surface area contributed by atoms with E-state index in [1.165, 1.54) is 23.1 Å². The number of methoxy groups -OCH3 is 1. The van der Waals surface area contributed by atoms with Crippen molar-refractivity contribution in [3.05, 3.63) is 70.5 Å². The predicted molar refractivity (Wildman–Crippen MR) is 126 cm³/mol. The van der Waals surface area contributed by atoms with Gasteiger partial charge in [0.2, 0.25) is 0 Å². The van der Waals surface area contributed by atoms with Gasteiger partial charge >= 0.3 is 6.03 Å². The maximum absolute atomic E-state index is 14.5. The van der Waals surface area contributed by atoms with Gasteiger partial charge in [-0.3, -0.25) is 4.79 Å². The van der Waals surface area contributed by atoms with Crippen molar-refractivity contribution in [1.29, 1.82) is 0 Å². The maximum atomic E-state index is 14.5. The second-order valence-electron chi connectivity index (χ2n) is 8.05. The number of benzene rings is 2. The number of hydrogen-bond acceptors (Lipinski definition) is 4. The van der Waals surface area contributed by atoms with Gasteiger partial charge in [-0.2, -0.15) is 5.10 Å². The minimum atomic E-state index is -0.443. The summed E-state index contributed by atoms with van der Waals surface area (Å²) in [6.45, 7) is 4.01. The van der Waals surface area contributed by atoms with Gasteiger partial charge in [-0.05, 0) is 37.6 Å². The zero-order valence-corrected chi connectivity index (χ0v) is 19.7. The summed E-state index contributed by atoms with van der Waals surface area (Å²) in [7, 11) is 1.53. The molecule has 3 rings (SSSR count). The molecule has 0 radical (unpaired) electrons. The number of urea groups is 1. The van der Waals surface area contributed by atoms with E-state index in [2.05, 4.69) is 10.4 Å². The molecule has 1 aliphatic rings. The van der Waals surface area contributed by atoms with Gasteiger partial charge in [0.15, 0.2) is 0 Å². The van der Waals surface area contributed by atoms with Crippen LogP contribution in [0.2, 0.25) is 5.02 Å². The number of hydrazone groups is 1. The summed E-state index contributed by atoms with van der Waals surface area (Å²) in [6, 6.07) is 12.6. The smallest absolute Gasteiger partial charge is 0.318 e. The van der Waals surface area contributed by atoms with Crippen LogP contribution >= 0.6 is 11.6 Å². The minimum absolute atomic E-state index is 0.0862. The van der Waals surface area contributed by atoms with E-state index < -0.39 is 11.9 Å². The van der Waals surface area contributed by atoms with Crippen LogP contribution in [-0.4, -0.2) is 60.4 Å². The van der Waals surface area contributed by atoms with Crippen LogP contribution in [0.15, 0.2) is 53.6 Å². The highest BCUT2D eigenvalue weighted by Crippen LogP contribution is 2.34. The van der Waals surface area contributed by atoms with E-state index in [0.717, 1.165) is 5.56 Å². The lowest BCUT2D eigenvalue weighted by Gasteiger charge is -2.27. The molecule has 9 heteroatoms. The highest BCUT2D eigenvalue weighted by molar-refractivity contribution is 6.30. The molecule has 1 atom stereocenters. The van der Waals surface area contributed by atoms with Crippen molar-refractivity contribution in [1.82, 2.24) is 15.2 Å². The Morgan fingerprint density at radius 2 is 1.94 bits per heavy atom. The van der Waals surface area contributed by atoms with Crippen molar-refractivity contribution < 1.29 is 18.7 Å². The third kappa shape index (κ3) is 6.30. The predicted octanol–water partition coefficient (Wildman–Crippen LogP) is 4.22. The summed E-state index contributed by atoms with van der Waals surface area (Å²) in [5.74, 6) is -0.783. The minimum Gasteiger partial charge on any atom is -0.383 e. The fourth-order valence-corrected chi connectivity index (χ4v) is 3.70. The standard InChI is InChI=1S/C24H28ClFN4O3/c1-16(2)27-24(32)29(12-13-33-3)15-23(31)30-22(17-8-10-18(25)11-9-17)14-21(28-30)19-6-4-5-7-20(19)26/h4-11,16,22H,12-15H2,1-3H3,(H,27,32). The van der Waals surface area contributed by atoms with Crippen molar-refractivity contribution in [3.8, 4) is 0 Å². The first-order valence-corrected chi connectivity index (χ1v) is 11.1. The lowest BCUT2D eigenvalue weighted by molar-refractivity contribution is -0.133. The van der Waals surface area contributed by atoms with E-state index in [0.29, 0.717) is 22.7 Å². The highest BCUT2D eigenvalue weighted by Gasteiger charge is 2.35. The molecule has 1 aliphatic heterocycles. The van der Waals surface area contributed by atoms with Gasteiger partial charge in [0, 0.05) is 36.7 Å². The SMILES string of the molecule is COCCN(CC(=O)N1N=C(c2ccccc2F)CC1c1ccc(Cl)cc1)C(=O)NC(C)C. The second-order valence-corrected chi connectivity index (χ2v) is 8.49. The summed E-state index contributed by atoms with van der Waals surface area (Å²) in [4.78, 5) is 27.4. The quantitative estimate of drug-likeness (QED) is 0.622. The van der Waals surface area contributed by atoms with Crippen LogP contribution in [-0.2, 0) is 9.53 Å². The Hall–Kier alpha value is -2.97. The number of carbonyl (C=O) groups is 2. The zero-order valence-electron chi connectivity index (χ0n) is 18.9. The lowest BCUT2D eigenvalue weighted by atomic mass is 9.98. The molecule has 0 fully saturated rings. The third-order valence-electron chi connectivity index (χ3n) is 5.20. The zero-order chi connectivity index (χ0) is 24.0. The molecule has 0 bridgehead atoms. The van der Waals surface area contributed by atoms with Gasteiger partial charge in [-0.15, -0.1) is 0 Å². The Morgan fingerprint density at radius 1 is 1.24 bits per heavy atom. The Morgan fingerprint density at radius 3 is 2.58 bits per heavy atom. The topological polar surface area (TPSA) is 74.2 Å². The fourth-order valence-electron chi connectivity index (χ4n) is 3.57. The number of nitrogens with zero attached hydrogens (tertiary/aromatic N) is 3. The Labute approximate surface area is 198 Å². The largest absolute Gasteiger partial charge is 0.383 e. The molecule has 2 aromatic carbocycles. The monoisotopic (exact) mass is 474 g/mol. The number of halogens is 2. The van der Waals surface area contributed by atoms with Crippen LogP contribution in [0, 0.1) is 5.82 Å². The van der Waals surface area contributed by atoms with E-state index in [1.807, 2.05) is 26.0 Å². The normalized spacial score (nSPS) is 15.5. The van der Waals surface area contributed by atoms with Crippen LogP contribution in [0.3, 0.4) is 0 Å². The maximum Gasteiger partial charge on any atom is 0.318 e. The van der Waals surface area contributed by atoms with E-state index >= 15 is 0 Å². The summed E-state index contributed by atoms with van der Waals surface area (Å²) in [6.07, 6.45) is 0.338.